The Morgan fingerprint density at radius 1 is 0.629 bits per heavy atom. The van der Waals surface area contributed by atoms with E-state index in [9.17, 15) is 0 Å². The van der Waals surface area contributed by atoms with Crippen LogP contribution in [0, 0.1) is 6.92 Å². The van der Waals surface area contributed by atoms with Crippen LogP contribution >= 0.6 is 0 Å². The topological polar surface area (TPSA) is 0 Å². The Morgan fingerprint density at radius 2 is 1.17 bits per heavy atom. The van der Waals surface area contributed by atoms with E-state index in [-0.39, 0.29) is 24.8 Å². The van der Waals surface area contributed by atoms with E-state index in [0.29, 0.717) is 0 Å². The molecule has 0 aliphatic carbocycles. The van der Waals surface area contributed by atoms with Crippen molar-refractivity contribution in [2.45, 2.75) is 20.8 Å². The summed E-state index contributed by atoms with van der Waals surface area (Å²) < 4.78 is 1.51. The first kappa shape index (κ1) is 28.9. The number of aryl methyl sites for hydroxylation is 1. The molecule has 0 fully saturated rings. The fourth-order valence-corrected chi connectivity index (χ4v) is 4.15. The van der Waals surface area contributed by atoms with E-state index in [4.69, 9.17) is 0 Å². The number of fused-ring (bicyclic) bond motifs is 3. The van der Waals surface area contributed by atoms with Crippen molar-refractivity contribution in [2.24, 2.45) is 0 Å². The molecule has 0 saturated carbocycles. The van der Waals surface area contributed by atoms with Gasteiger partial charge in [0.05, 0.1) is 0 Å². The van der Waals surface area contributed by atoms with Crippen molar-refractivity contribution in [3.05, 3.63) is 121 Å². The Hall–Kier alpha value is -2.31. The Labute approximate surface area is 235 Å². The van der Waals surface area contributed by atoms with E-state index < -0.39 is 0 Å². The molecule has 0 aliphatic rings. The van der Waals surface area contributed by atoms with Crippen LogP contribution in [0.5, 0.6) is 0 Å². The fraction of sp³-hybridized carbons (Fsp3) is 0.0938. The van der Waals surface area contributed by atoms with Crippen molar-refractivity contribution in [3.63, 3.8) is 0 Å². The Morgan fingerprint density at radius 3 is 1.89 bits per heavy atom. The first-order valence-electron chi connectivity index (χ1n) is 11.3. The van der Waals surface area contributed by atoms with Gasteiger partial charge in [-0.1, -0.05) is 67.1 Å². The van der Waals surface area contributed by atoms with Gasteiger partial charge in [-0.2, -0.15) is 23.6 Å². The molecule has 0 aliphatic heterocycles. The molecule has 0 N–H and O–H groups in total. The molecule has 0 amide bonds. The maximum absolute atomic E-state index is 2.28. The van der Waals surface area contributed by atoms with Crippen LogP contribution in [-0.2, 0) is 24.2 Å². The smallest absolute Gasteiger partial charge is 0.0114 e. The first-order valence-corrected chi connectivity index (χ1v) is 12.5. The van der Waals surface area contributed by atoms with E-state index >= 15 is 0 Å². The minimum atomic E-state index is 0. The average Bonchev–Trinajstić information content (AvgIpc) is 3.44. The minimum Gasteiger partial charge on any atom is -1.00 e. The van der Waals surface area contributed by atoms with Crippen LogP contribution < -0.4 is 24.8 Å². The average molecular weight is 575 g/mol. The molecule has 0 saturated heterocycles. The van der Waals surface area contributed by atoms with Crippen molar-refractivity contribution < 1.29 is 49.0 Å². The zero-order valence-corrected chi connectivity index (χ0v) is 24.2. The zero-order valence-electron chi connectivity index (χ0n) is 20.2. The van der Waals surface area contributed by atoms with Crippen molar-refractivity contribution >= 4 is 35.5 Å². The molecule has 0 bridgehead atoms. The van der Waals surface area contributed by atoms with Gasteiger partial charge in [-0.05, 0) is 16.3 Å². The van der Waals surface area contributed by atoms with E-state index in [1.165, 1.54) is 52.2 Å². The maximum atomic E-state index is 2.28. The van der Waals surface area contributed by atoms with Gasteiger partial charge in [-0.3, -0.25) is 0 Å². The number of halogens is 2. The fourth-order valence-electron chi connectivity index (χ4n) is 4.15. The number of rotatable bonds is 1. The monoisotopic (exact) mass is 572 g/mol. The van der Waals surface area contributed by atoms with E-state index in [1.54, 1.807) is 24.2 Å². The van der Waals surface area contributed by atoms with Gasteiger partial charge in [0.2, 0.25) is 0 Å². The van der Waals surface area contributed by atoms with Crippen LogP contribution in [0.1, 0.15) is 19.4 Å². The van der Waals surface area contributed by atoms with Gasteiger partial charge in [0, 0.05) is 0 Å². The predicted molar refractivity (Wildman–Crippen MR) is 143 cm³/mol. The molecule has 0 nitrogen and oxygen atoms in total. The van der Waals surface area contributed by atoms with Crippen LogP contribution in [0.4, 0.5) is 0 Å². The molecule has 176 valence electrons. The second-order valence-corrected chi connectivity index (χ2v) is 11.0. The van der Waals surface area contributed by atoms with Crippen LogP contribution in [0.3, 0.4) is 0 Å². The van der Waals surface area contributed by atoms with Crippen LogP contribution in [0.2, 0.25) is 0 Å². The summed E-state index contributed by atoms with van der Waals surface area (Å²) in [5.74, 6) is 0. The summed E-state index contributed by atoms with van der Waals surface area (Å²) in [6, 6.07) is 40.9. The molecule has 35 heavy (non-hydrogen) atoms. The standard InChI is InChI=1S/C20H15.C9H7.C3H6.2ClH.Zr/c1-14-12-16-8-5-11-19(20(16)13-14)18-10-4-7-15-6-2-3-9-17(15)18;1-2-5-9-7-3-6-8(9)4-1;1-3-2;;;/h2-13H,1H3;1-7H;1-2H3;2*1H;/q2*-1;;;;+2/p-2. The van der Waals surface area contributed by atoms with Gasteiger partial charge >= 0.3 is 41.3 Å². The zero-order chi connectivity index (χ0) is 23.2. The first-order chi connectivity index (χ1) is 16.0. The SMILES string of the molecule is C[C](C)=[Zr+2].Cc1cc2c(-c3cccc4ccccc34)cccc2[cH-]1.[Cl-].[Cl-].c1ccc2[cH-]ccc2c1. The van der Waals surface area contributed by atoms with Gasteiger partial charge in [0.15, 0.2) is 0 Å². The number of hydrogen-bond donors (Lipinski definition) is 0. The number of benzene rings is 4. The predicted octanol–water partition coefficient (Wildman–Crippen LogP) is 3.00. The van der Waals surface area contributed by atoms with Crippen molar-refractivity contribution in [2.75, 3.05) is 0 Å². The molecule has 0 atom stereocenters. The molecule has 0 unspecified atom stereocenters. The van der Waals surface area contributed by atoms with Crippen molar-refractivity contribution in [1.29, 1.82) is 0 Å². The van der Waals surface area contributed by atoms with Gasteiger partial charge in [-0.15, -0.1) is 64.2 Å². The molecule has 0 radical (unpaired) electrons. The summed E-state index contributed by atoms with van der Waals surface area (Å²) >= 11 is 1.55. The molecule has 0 heterocycles. The number of hydrogen-bond acceptors (Lipinski definition) is 0. The minimum absolute atomic E-state index is 0. The summed E-state index contributed by atoms with van der Waals surface area (Å²) in [4.78, 5) is 0. The third-order valence-electron chi connectivity index (χ3n) is 5.52. The van der Waals surface area contributed by atoms with E-state index in [2.05, 4.69) is 136 Å². The molecular weight excluding hydrogens is 546 g/mol. The molecule has 0 aromatic heterocycles. The summed E-state index contributed by atoms with van der Waals surface area (Å²) in [5, 5.41) is 7.95. The van der Waals surface area contributed by atoms with Gasteiger partial charge in [-0.25, -0.2) is 0 Å². The normalized spacial score (nSPS) is 9.86. The Bertz CT molecular complexity index is 1480. The summed E-state index contributed by atoms with van der Waals surface area (Å²) in [6.07, 6.45) is 0. The quantitative estimate of drug-likeness (QED) is 0.265. The van der Waals surface area contributed by atoms with Gasteiger partial charge in [0.25, 0.3) is 0 Å². The van der Waals surface area contributed by atoms with E-state index in [0.717, 1.165) is 0 Å². The Kier molecular flexibility index (Phi) is 11.3. The summed E-state index contributed by atoms with van der Waals surface area (Å²) in [6.45, 7) is 6.41. The van der Waals surface area contributed by atoms with Crippen LogP contribution in [0.25, 0.3) is 43.4 Å². The maximum Gasteiger partial charge on any atom is -0.0114 e. The van der Waals surface area contributed by atoms with Gasteiger partial charge in [0.1, 0.15) is 0 Å². The molecular formula is C32H28Cl2Zr-2. The molecule has 0 spiro atoms. The largest absolute Gasteiger partial charge is 1.00 e. The van der Waals surface area contributed by atoms with Crippen LogP contribution in [0.15, 0.2) is 115 Å². The van der Waals surface area contributed by atoms with Crippen molar-refractivity contribution in [3.8, 4) is 11.1 Å². The third-order valence-corrected chi connectivity index (χ3v) is 5.52. The van der Waals surface area contributed by atoms with Gasteiger partial charge < -0.3 is 24.8 Å². The molecule has 6 aromatic carbocycles. The second-order valence-electron chi connectivity index (χ2n) is 8.52. The summed E-state index contributed by atoms with van der Waals surface area (Å²) in [5.41, 5.74) is 3.97. The van der Waals surface area contributed by atoms with E-state index in [1.807, 2.05) is 0 Å². The molecule has 6 aromatic rings. The summed E-state index contributed by atoms with van der Waals surface area (Å²) in [7, 11) is 0. The Balaban J connectivity index is 0.000000242. The molecule has 3 heteroatoms. The molecule has 6 rings (SSSR count). The van der Waals surface area contributed by atoms with Crippen LogP contribution in [-0.4, -0.2) is 3.21 Å². The third kappa shape index (κ3) is 7.34. The second kappa shape index (κ2) is 13.7. The van der Waals surface area contributed by atoms with Crippen molar-refractivity contribution in [1.82, 2.24) is 0 Å².